The number of aromatic nitrogens is 2. The second kappa shape index (κ2) is 9.60. The van der Waals surface area contributed by atoms with Crippen LogP contribution in [0.3, 0.4) is 0 Å². The molecule has 3 aromatic carbocycles. The molecule has 0 bridgehead atoms. The normalized spacial score (nSPS) is 11.1. The molecule has 7 nitrogen and oxygen atoms in total. The van der Waals surface area contributed by atoms with Gasteiger partial charge in [-0.05, 0) is 43.3 Å². The zero-order chi connectivity index (χ0) is 24.4. The van der Waals surface area contributed by atoms with Crippen molar-refractivity contribution in [1.82, 2.24) is 9.55 Å². The van der Waals surface area contributed by atoms with Gasteiger partial charge in [-0.1, -0.05) is 54.2 Å². The minimum absolute atomic E-state index is 0.0620. The molecule has 174 valence electrons. The van der Waals surface area contributed by atoms with Gasteiger partial charge in [0.15, 0.2) is 22.3 Å². The molecule has 0 fully saturated rings. The predicted octanol–water partition coefficient (Wildman–Crippen LogP) is 4.87. The highest BCUT2D eigenvalue weighted by atomic mass is 32.2. The van der Waals surface area contributed by atoms with Crippen LogP contribution in [-0.4, -0.2) is 27.7 Å². The number of benzene rings is 3. The Morgan fingerprint density at radius 3 is 2.57 bits per heavy atom. The van der Waals surface area contributed by atoms with Crippen LogP contribution in [0.2, 0.25) is 0 Å². The molecule has 0 saturated carbocycles. The van der Waals surface area contributed by atoms with Crippen LogP contribution in [0, 0.1) is 0 Å². The quantitative estimate of drug-likeness (QED) is 0.141. The molecule has 2 heterocycles. The van der Waals surface area contributed by atoms with Crippen LogP contribution in [-0.2, 0) is 0 Å². The van der Waals surface area contributed by atoms with Crippen molar-refractivity contribution in [3.05, 3.63) is 105 Å². The number of carbonyl (C=O) groups is 1. The average Bonchev–Trinajstić information content (AvgIpc) is 2.88. The summed E-state index contributed by atoms with van der Waals surface area (Å²) in [4.78, 5) is 43.6. The van der Waals surface area contributed by atoms with Crippen LogP contribution in [0.5, 0.6) is 5.75 Å². The zero-order valence-electron chi connectivity index (χ0n) is 18.8. The average molecular weight is 485 g/mol. The Morgan fingerprint density at radius 1 is 1.00 bits per heavy atom. The SMILES string of the molecule is CCOc1cccc2cc(C(=O)CSc3nc4ccccc4c(=O)n3-c3ccccc3)c(=O)oc12. The number of para-hydroxylation sites is 3. The largest absolute Gasteiger partial charge is 0.490 e. The lowest BCUT2D eigenvalue weighted by atomic mass is 10.1. The third kappa shape index (κ3) is 4.36. The van der Waals surface area contributed by atoms with E-state index in [4.69, 9.17) is 9.15 Å². The van der Waals surface area contributed by atoms with E-state index >= 15 is 0 Å². The summed E-state index contributed by atoms with van der Waals surface area (Å²) in [5, 5.41) is 1.43. The maximum atomic E-state index is 13.3. The highest BCUT2D eigenvalue weighted by Crippen LogP contribution is 2.26. The van der Waals surface area contributed by atoms with E-state index in [0.29, 0.717) is 45.1 Å². The van der Waals surface area contributed by atoms with Crippen LogP contribution in [0.1, 0.15) is 17.3 Å². The van der Waals surface area contributed by atoms with Crippen molar-refractivity contribution < 1.29 is 13.9 Å². The zero-order valence-corrected chi connectivity index (χ0v) is 19.6. The fraction of sp³-hybridized carbons (Fsp3) is 0.111. The Balaban J connectivity index is 1.52. The molecule has 35 heavy (non-hydrogen) atoms. The Hall–Kier alpha value is -4.17. The molecule has 0 aliphatic carbocycles. The van der Waals surface area contributed by atoms with E-state index in [0.717, 1.165) is 11.8 Å². The van der Waals surface area contributed by atoms with Gasteiger partial charge in [0.05, 0.1) is 29.0 Å². The predicted molar refractivity (Wildman–Crippen MR) is 136 cm³/mol. The fourth-order valence-corrected chi connectivity index (χ4v) is 4.70. The van der Waals surface area contributed by atoms with E-state index in [-0.39, 0.29) is 16.9 Å². The van der Waals surface area contributed by atoms with Crippen LogP contribution >= 0.6 is 11.8 Å². The highest BCUT2D eigenvalue weighted by molar-refractivity contribution is 7.99. The van der Waals surface area contributed by atoms with Crippen molar-refractivity contribution in [2.75, 3.05) is 12.4 Å². The van der Waals surface area contributed by atoms with Crippen molar-refractivity contribution in [2.24, 2.45) is 0 Å². The molecule has 0 unspecified atom stereocenters. The summed E-state index contributed by atoms with van der Waals surface area (Å²) in [6, 6.07) is 22.9. The monoisotopic (exact) mass is 484 g/mol. The molecule has 5 aromatic rings. The highest BCUT2D eigenvalue weighted by Gasteiger charge is 2.19. The minimum Gasteiger partial charge on any atom is -0.490 e. The molecule has 0 amide bonds. The van der Waals surface area contributed by atoms with Gasteiger partial charge < -0.3 is 9.15 Å². The third-order valence-electron chi connectivity index (χ3n) is 5.42. The lowest BCUT2D eigenvalue weighted by Crippen LogP contribution is -2.22. The molecule has 0 atom stereocenters. The summed E-state index contributed by atoms with van der Waals surface area (Å²) in [6.45, 7) is 2.25. The van der Waals surface area contributed by atoms with Gasteiger partial charge in [-0.25, -0.2) is 9.78 Å². The van der Waals surface area contributed by atoms with E-state index in [2.05, 4.69) is 4.98 Å². The van der Waals surface area contributed by atoms with Gasteiger partial charge in [0.25, 0.3) is 5.56 Å². The number of thioether (sulfide) groups is 1. The molecule has 0 N–H and O–H groups in total. The van der Waals surface area contributed by atoms with E-state index < -0.39 is 11.4 Å². The Morgan fingerprint density at radius 2 is 1.77 bits per heavy atom. The van der Waals surface area contributed by atoms with Gasteiger partial charge in [-0.15, -0.1) is 0 Å². The molecule has 2 aromatic heterocycles. The first-order valence-electron chi connectivity index (χ1n) is 11.0. The lowest BCUT2D eigenvalue weighted by molar-refractivity contribution is 0.101. The first kappa shape index (κ1) is 22.6. The number of ketones is 1. The fourth-order valence-electron chi connectivity index (χ4n) is 3.80. The number of hydrogen-bond donors (Lipinski definition) is 0. The van der Waals surface area contributed by atoms with Gasteiger partial charge in [0, 0.05) is 5.39 Å². The number of ether oxygens (including phenoxy) is 1. The second-order valence-corrected chi connectivity index (χ2v) is 8.60. The van der Waals surface area contributed by atoms with Gasteiger partial charge >= 0.3 is 5.63 Å². The van der Waals surface area contributed by atoms with Crippen molar-refractivity contribution in [2.45, 2.75) is 12.1 Å². The van der Waals surface area contributed by atoms with Crippen LogP contribution < -0.4 is 15.9 Å². The van der Waals surface area contributed by atoms with E-state index in [1.807, 2.05) is 25.1 Å². The van der Waals surface area contributed by atoms with Gasteiger partial charge in [0.1, 0.15) is 5.56 Å². The summed E-state index contributed by atoms with van der Waals surface area (Å²) in [6.07, 6.45) is 0. The number of rotatable bonds is 7. The molecule has 0 aliphatic rings. The van der Waals surface area contributed by atoms with Crippen molar-refractivity contribution in [3.63, 3.8) is 0 Å². The van der Waals surface area contributed by atoms with Gasteiger partial charge in [-0.2, -0.15) is 0 Å². The Labute approximate surface area is 204 Å². The smallest absolute Gasteiger partial charge is 0.347 e. The number of Topliss-reactive ketones (excluding diaryl/α,β-unsaturated/α-hetero) is 1. The lowest BCUT2D eigenvalue weighted by Gasteiger charge is -2.13. The summed E-state index contributed by atoms with van der Waals surface area (Å²) >= 11 is 1.10. The standard InChI is InChI=1S/C27H20N2O5S/c1-2-33-23-14-8-9-17-15-20(26(32)34-24(17)23)22(30)16-35-27-28-21-13-7-6-12-19(21)25(31)29(27)18-10-4-3-5-11-18/h3-15H,2,16H2,1H3. The molecule has 0 saturated heterocycles. The number of hydrogen-bond acceptors (Lipinski definition) is 7. The topological polar surface area (TPSA) is 91.4 Å². The first-order valence-corrected chi connectivity index (χ1v) is 12.0. The van der Waals surface area contributed by atoms with Crippen LogP contribution in [0.4, 0.5) is 0 Å². The van der Waals surface area contributed by atoms with Gasteiger partial charge in [0.2, 0.25) is 0 Å². The Kier molecular flexibility index (Phi) is 6.20. The summed E-state index contributed by atoms with van der Waals surface area (Å²) in [7, 11) is 0. The minimum atomic E-state index is -0.734. The van der Waals surface area contributed by atoms with E-state index in [9.17, 15) is 14.4 Å². The van der Waals surface area contributed by atoms with Crippen molar-refractivity contribution in [1.29, 1.82) is 0 Å². The van der Waals surface area contributed by atoms with E-state index in [1.54, 1.807) is 54.6 Å². The van der Waals surface area contributed by atoms with Crippen molar-refractivity contribution in [3.8, 4) is 11.4 Å². The summed E-state index contributed by atoms with van der Waals surface area (Å²) in [5.41, 5.74) is 0.450. The van der Waals surface area contributed by atoms with Gasteiger partial charge in [-0.3, -0.25) is 14.2 Å². The molecule has 5 rings (SSSR count). The number of nitrogens with zero attached hydrogens (tertiary/aromatic N) is 2. The maximum absolute atomic E-state index is 13.3. The molecular weight excluding hydrogens is 464 g/mol. The molecule has 8 heteroatoms. The molecular formula is C27H20N2O5S. The van der Waals surface area contributed by atoms with Crippen LogP contribution in [0.25, 0.3) is 27.6 Å². The molecule has 0 radical (unpaired) electrons. The Bertz CT molecular complexity index is 1680. The summed E-state index contributed by atoms with van der Waals surface area (Å²) in [5.74, 6) is -0.0730. The van der Waals surface area contributed by atoms with Crippen LogP contribution in [0.15, 0.2) is 98.0 Å². The van der Waals surface area contributed by atoms with Crippen molar-refractivity contribution >= 4 is 39.4 Å². The van der Waals surface area contributed by atoms with E-state index in [1.165, 1.54) is 10.6 Å². The molecule has 0 aliphatic heterocycles. The second-order valence-electron chi connectivity index (χ2n) is 7.65. The number of fused-ring (bicyclic) bond motifs is 2. The number of carbonyl (C=O) groups excluding carboxylic acids is 1. The summed E-state index contributed by atoms with van der Waals surface area (Å²) < 4.78 is 12.4. The third-order valence-corrected chi connectivity index (χ3v) is 6.35. The first-order chi connectivity index (χ1) is 17.1. The maximum Gasteiger partial charge on any atom is 0.347 e. The molecule has 0 spiro atoms.